The Bertz CT molecular complexity index is 440. The van der Waals surface area contributed by atoms with Gasteiger partial charge in [0.25, 0.3) is 0 Å². The number of carbonyl (C=O) groups is 1. The van der Waals surface area contributed by atoms with Crippen LogP contribution in [0.5, 0.6) is 0 Å². The van der Waals surface area contributed by atoms with Crippen molar-refractivity contribution in [1.29, 1.82) is 0 Å². The number of rotatable bonds is 1. The molecule has 13 heavy (non-hydrogen) atoms. The van der Waals surface area contributed by atoms with Gasteiger partial charge in [0, 0.05) is 18.6 Å². The van der Waals surface area contributed by atoms with E-state index >= 15 is 0 Å². The Kier molecular flexibility index (Phi) is 2.48. The molecule has 0 amide bonds. The van der Waals surface area contributed by atoms with Crippen molar-refractivity contribution in [2.24, 2.45) is 0 Å². The van der Waals surface area contributed by atoms with Crippen molar-refractivity contribution in [3.8, 4) is 0 Å². The number of fused-ring (bicyclic) bond motifs is 1. The first-order valence-electron chi connectivity index (χ1n) is 3.30. The highest BCUT2D eigenvalue weighted by molar-refractivity contribution is 5.93. The van der Waals surface area contributed by atoms with Gasteiger partial charge in [-0.1, -0.05) is 0 Å². The third-order valence-electron chi connectivity index (χ3n) is 1.53. The monoisotopic (exact) mass is 199 g/mol. The topological polar surface area (TPSA) is 67.5 Å². The van der Waals surface area contributed by atoms with Crippen LogP contribution in [0.4, 0.5) is 0 Å². The van der Waals surface area contributed by atoms with Crippen LogP contribution in [-0.2, 0) is 0 Å². The lowest BCUT2D eigenvalue weighted by molar-refractivity contribution is 0.0698. The molecule has 0 saturated heterocycles. The summed E-state index contributed by atoms with van der Waals surface area (Å²) in [5, 5.41) is 12.6. The largest absolute Gasteiger partial charge is 0.478 e. The van der Waals surface area contributed by atoms with Crippen LogP contribution in [-0.4, -0.2) is 25.7 Å². The lowest BCUT2D eigenvalue weighted by atomic mass is 10.3. The van der Waals surface area contributed by atoms with Gasteiger partial charge >= 0.3 is 5.97 Å². The summed E-state index contributed by atoms with van der Waals surface area (Å²) in [6.07, 6.45) is 4.54. The summed E-state index contributed by atoms with van der Waals surface area (Å²) < 4.78 is 1.42. The van der Waals surface area contributed by atoms with Crippen LogP contribution in [0.1, 0.15) is 10.4 Å². The van der Waals surface area contributed by atoms with Crippen molar-refractivity contribution in [3.63, 3.8) is 0 Å². The number of aromatic nitrogens is 3. The SMILES string of the molecule is Cl.O=C(O)c1ccnn2ccnc12. The predicted octanol–water partition coefficient (Wildman–Crippen LogP) is 0.849. The molecule has 0 bridgehead atoms. The van der Waals surface area contributed by atoms with E-state index in [1.807, 2.05) is 0 Å². The predicted molar refractivity (Wildman–Crippen MR) is 47.2 cm³/mol. The van der Waals surface area contributed by atoms with Gasteiger partial charge in [0.1, 0.15) is 5.56 Å². The molecule has 0 fully saturated rings. The number of halogens is 1. The third-order valence-corrected chi connectivity index (χ3v) is 1.53. The summed E-state index contributed by atoms with van der Waals surface area (Å²) in [5.74, 6) is -0.992. The summed E-state index contributed by atoms with van der Waals surface area (Å²) >= 11 is 0. The Morgan fingerprint density at radius 1 is 1.46 bits per heavy atom. The van der Waals surface area contributed by atoms with E-state index in [0.29, 0.717) is 5.65 Å². The highest BCUT2D eigenvalue weighted by atomic mass is 35.5. The van der Waals surface area contributed by atoms with Crippen LogP contribution < -0.4 is 0 Å². The smallest absolute Gasteiger partial charge is 0.339 e. The number of aromatic carboxylic acids is 1. The molecule has 5 nitrogen and oxygen atoms in total. The van der Waals surface area contributed by atoms with E-state index in [1.54, 1.807) is 6.20 Å². The highest BCUT2D eigenvalue weighted by Crippen LogP contribution is 2.05. The standard InChI is InChI=1S/C7H5N3O2.ClH/c11-7(12)5-1-2-9-10-4-3-8-6(5)10;/h1-4H,(H,11,12);1H. The summed E-state index contributed by atoms with van der Waals surface area (Å²) in [6.45, 7) is 0. The van der Waals surface area contributed by atoms with Gasteiger partial charge in [0.2, 0.25) is 0 Å². The molecule has 68 valence electrons. The first kappa shape index (κ1) is 9.47. The number of imidazole rings is 1. The summed E-state index contributed by atoms with van der Waals surface area (Å²) in [7, 11) is 0. The van der Waals surface area contributed by atoms with Crippen LogP contribution in [0.3, 0.4) is 0 Å². The molecular weight excluding hydrogens is 194 g/mol. The first-order chi connectivity index (χ1) is 5.79. The molecule has 0 aromatic carbocycles. The van der Waals surface area contributed by atoms with E-state index in [4.69, 9.17) is 5.11 Å². The van der Waals surface area contributed by atoms with Gasteiger partial charge in [-0.15, -0.1) is 12.4 Å². The molecule has 0 aliphatic heterocycles. The molecule has 0 radical (unpaired) electrons. The van der Waals surface area contributed by atoms with Crippen LogP contribution in [0.15, 0.2) is 24.7 Å². The van der Waals surface area contributed by atoms with Gasteiger partial charge in [0.15, 0.2) is 5.65 Å². The molecule has 0 unspecified atom stereocenters. The van der Waals surface area contributed by atoms with Crippen molar-refractivity contribution < 1.29 is 9.90 Å². The van der Waals surface area contributed by atoms with Crippen LogP contribution >= 0.6 is 12.4 Å². The van der Waals surface area contributed by atoms with E-state index in [-0.39, 0.29) is 18.0 Å². The number of nitrogens with zero attached hydrogens (tertiary/aromatic N) is 3. The average molecular weight is 200 g/mol. The molecule has 2 heterocycles. The number of hydrogen-bond acceptors (Lipinski definition) is 3. The van der Waals surface area contributed by atoms with Crippen molar-refractivity contribution in [2.75, 3.05) is 0 Å². The Labute approximate surface area is 79.4 Å². The zero-order valence-corrected chi connectivity index (χ0v) is 7.23. The molecule has 6 heteroatoms. The fourth-order valence-corrected chi connectivity index (χ4v) is 1.00. The van der Waals surface area contributed by atoms with Crippen molar-refractivity contribution >= 4 is 24.0 Å². The number of carboxylic acid groups (broad SMARTS) is 1. The second kappa shape index (κ2) is 3.40. The lowest BCUT2D eigenvalue weighted by Gasteiger charge is -1.95. The zero-order valence-electron chi connectivity index (χ0n) is 6.41. The minimum atomic E-state index is -0.992. The van der Waals surface area contributed by atoms with Gasteiger partial charge in [-0.05, 0) is 6.07 Å². The fourth-order valence-electron chi connectivity index (χ4n) is 1.00. The Morgan fingerprint density at radius 2 is 2.23 bits per heavy atom. The molecule has 0 aliphatic rings. The molecule has 0 saturated carbocycles. The average Bonchev–Trinajstić information content (AvgIpc) is 2.49. The maximum atomic E-state index is 10.6. The van der Waals surface area contributed by atoms with E-state index in [9.17, 15) is 4.79 Å². The van der Waals surface area contributed by atoms with E-state index in [2.05, 4.69) is 10.1 Å². The maximum absolute atomic E-state index is 10.6. The molecule has 0 aliphatic carbocycles. The van der Waals surface area contributed by atoms with Crippen molar-refractivity contribution in [2.45, 2.75) is 0 Å². The molecule has 2 rings (SSSR count). The van der Waals surface area contributed by atoms with E-state index in [1.165, 1.54) is 23.0 Å². The third kappa shape index (κ3) is 1.46. The second-order valence-electron chi connectivity index (χ2n) is 2.25. The molecule has 2 aromatic rings. The van der Waals surface area contributed by atoms with E-state index < -0.39 is 5.97 Å². The summed E-state index contributed by atoms with van der Waals surface area (Å²) in [5.41, 5.74) is 0.528. The Balaban J connectivity index is 0.000000845. The van der Waals surface area contributed by atoms with Gasteiger partial charge < -0.3 is 5.11 Å². The normalized spacial score (nSPS) is 9.54. The quantitative estimate of drug-likeness (QED) is 0.740. The molecule has 2 aromatic heterocycles. The molecule has 1 N–H and O–H groups in total. The highest BCUT2D eigenvalue weighted by Gasteiger charge is 2.08. The van der Waals surface area contributed by atoms with Crippen LogP contribution in [0, 0.1) is 0 Å². The number of carboxylic acids is 1. The fraction of sp³-hybridized carbons (Fsp3) is 0. The maximum Gasteiger partial charge on any atom is 0.339 e. The van der Waals surface area contributed by atoms with Gasteiger partial charge in [-0.25, -0.2) is 14.3 Å². The molecular formula is C7H6ClN3O2. The Morgan fingerprint density at radius 3 is 2.92 bits per heavy atom. The Hall–Kier alpha value is -1.62. The first-order valence-corrected chi connectivity index (χ1v) is 3.30. The summed E-state index contributed by atoms with van der Waals surface area (Å²) in [4.78, 5) is 14.5. The van der Waals surface area contributed by atoms with Crippen LogP contribution in [0.2, 0.25) is 0 Å². The minimum Gasteiger partial charge on any atom is -0.478 e. The lowest BCUT2D eigenvalue weighted by Crippen LogP contribution is -2.01. The zero-order chi connectivity index (χ0) is 8.55. The molecule has 0 spiro atoms. The summed E-state index contributed by atoms with van der Waals surface area (Å²) in [6, 6.07) is 1.42. The second-order valence-corrected chi connectivity index (χ2v) is 2.25. The van der Waals surface area contributed by atoms with E-state index in [0.717, 1.165) is 0 Å². The van der Waals surface area contributed by atoms with Gasteiger partial charge in [-0.3, -0.25) is 0 Å². The van der Waals surface area contributed by atoms with Crippen molar-refractivity contribution in [3.05, 3.63) is 30.2 Å². The van der Waals surface area contributed by atoms with Gasteiger partial charge in [0.05, 0.1) is 0 Å². The van der Waals surface area contributed by atoms with Gasteiger partial charge in [-0.2, -0.15) is 5.10 Å². The minimum absolute atomic E-state index is 0. The number of hydrogen-bond donors (Lipinski definition) is 1. The van der Waals surface area contributed by atoms with Crippen LogP contribution in [0.25, 0.3) is 5.65 Å². The van der Waals surface area contributed by atoms with Crippen molar-refractivity contribution in [1.82, 2.24) is 14.6 Å². The molecule has 0 atom stereocenters.